The first-order valence-electron chi connectivity index (χ1n) is 5.68. The molecular weight excluding hydrogens is 188 g/mol. The Kier molecular flexibility index (Phi) is 2.29. The van der Waals surface area contributed by atoms with Crippen LogP contribution in [0.25, 0.3) is 0 Å². The van der Waals surface area contributed by atoms with Crippen molar-refractivity contribution in [2.24, 2.45) is 5.92 Å². The van der Waals surface area contributed by atoms with E-state index in [1.54, 1.807) is 6.33 Å². The summed E-state index contributed by atoms with van der Waals surface area (Å²) in [5, 5.41) is 3.48. The maximum Gasteiger partial charge on any atom is 0.132 e. The summed E-state index contributed by atoms with van der Waals surface area (Å²) in [5.41, 5.74) is 0. The van der Waals surface area contributed by atoms with E-state index in [1.807, 2.05) is 12.3 Å². The molecule has 1 aromatic rings. The van der Waals surface area contributed by atoms with Crippen LogP contribution in [0.2, 0.25) is 0 Å². The zero-order valence-electron chi connectivity index (χ0n) is 8.76. The lowest BCUT2D eigenvalue weighted by Crippen LogP contribution is -2.45. The molecule has 80 valence electrons. The van der Waals surface area contributed by atoms with Gasteiger partial charge in [-0.25, -0.2) is 9.97 Å². The molecule has 3 rings (SSSR count). The summed E-state index contributed by atoms with van der Waals surface area (Å²) in [6, 6.07) is 2.66. The third kappa shape index (κ3) is 1.59. The summed E-state index contributed by atoms with van der Waals surface area (Å²) in [5.74, 6) is 1.90. The number of piperidine rings is 1. The second-order valence-electron chi connectivity index (χ2n) is 4.39. The van der Waals surface area contributed by atoms with Crippen LogP contribution in [0.1, 0.15) is 12.8 Å². The molecule has 0 aliphatic carbocycles. The summed E-state index contributed by atoms with van der Waals surface area (Å²) in [6.45, 7) is 3.42. The predicted molar refractivity (Wildman–Crippen MR) is 58.8 cm³/mol. The molecule has 1 N–H and O–H groups in total. The topological polar surface area (TPSA) is 41.0 Å². The minimum Gasteiger partial charge on any atom is -0.352 e. The summed E-state index contributed by atoms with van der Waals surface area (Å²) >= 11 is 0. The Morgan fingerprint density at radius 2 is 2.40 bits per heavy atom. The van der Waals surface area contributed by atoms with Crippen molar-refractivity contribution < 1.29 is 0 Å². The van der Waals surface area contributed by atoms with E-state index >= 15 is 0 Å². The molecule has 0 spiro atoms. The van der Waals surface area contributed by atoms with E-state index in [4.69, 9.17) is 0 Å². The van der Waals surface area contributed by atoms with Crippen molar-refractivity contribution in [1.29, 1.82) is 0 Å². The van der Waals surface area contributed by atoms with Crippen molar-refractivity contribution in [3.63, 3.8) is 0 Å². The maximum absolute atomic E-state index is 4.35. The van der Waals surface area contributed by atoms with Crippen LogP contribution >= 0.6 is 0 Å². The number of hydrogen-bond acceptors (Lipinski definition) is 4. The average molecular weight is 204 g/mol. The molecule has 0 bridgehead atoms. The van der Waals surface area contributed by atoms with Gasteiger partial charge in [0.15, 0.2) is 0 Å². The SMILES string of the molecule is c1cc(N2CCCC3CNCC32)ncn1. The van der Waals surface area contributed by atoms with Gasteiger partial charge in [0.2, 0.25) is 0 Å². The van der Waals surface area contributed by atoms with E-state index in [9.17, 15) is 0 Å². The largest absolute Gasteiger partial charge is 0.352 e. The minimum absolute atomic E-state index is 0.647. The highest BCUT2D eigenvalue weighted by atomic mass is 15.3. The van der Waals surface area contributed by atoms with Gasteiger partial charge in [0.1, 0.15) is 12.1 Å². The maximum atomic E-state index is 4.35. The van der Waals surface area contributed by atoms with E-state index in [2.05, 4.69) is 20.2 Å². The molecule has 0 radical (unpaired) electrons. The third-order valence-electron chi connectivity index (χ3n) is 3.54. The van der Waals surface area contributed by atoms with Crippen LogP contribution in [-0.2, 0) is 0 Å². The van der Waals surface area contributed by atoms with Crippen LogP contribution in [-0.4, -0.2) is 35.6 Å². The molecule has 1 aromatic heterocycles. The molecule has 4 nitrogen and oxygen atoms in total. The van der Waals surface area contributed by atoms with E-state index in [1.165, 1.54) is 19.4 Å². The number of nitrogens with one attached hydrogen (secondary N) is 1. The molecule has 2 unspecified atom stereocenters. The number of hydrogen-bond donors (Lipinski definition) is 1. The smallest absolute Gasteiger partial charge is 0.132 e. The lowest BCUT2D eigenvalue weighted by molar-refractivity contribution is 0.383. The number of aromatic nitrogens is 2. The number of rotatable bonds is 1. The number of nitrogens with zero attached hydrogens (tertiary/aromatic N) is 3. The van der Waals surface area contributed by atoms with E-state index < -0.39 is 0 Å². The van der Waals surface area contributed by atoms with Crippen molar-refractivity contribution in [1.82, 2.24) is 15.3 Å². The van der Waals surface area contributed by atoms with E-state index in [-0.39, 0.29) is 0 Å². The molecule has 0 saturated carbocycles. The van der Waals surface area contributed by atoms with E-state index in [0.29, 0.717) is 6.04 Å². The molecule has 15 heavy (non-hydrogen) atoms. The molecule has 2 fully saturated rings. The van der Waals surface area contributed by atoms with Gasteiger partial charge in [-0.2, -0.15) is 0 Å². The van der Waals surface area contributed by atoms with Crippen LogP contribution in [0.4, 0.5) is 5.82 Å². The highest BCUT2D eigenvalue weighted by Crippen LogP contribution is 2.29. The van der Waals surface area contributed by atoms with Gasteiger partial charge >= 0.3 is 0 Å². The van der Waals surface area contributed by atoms with Crippen LogP contribution in [0.3, 0.4) is 0 Å². The first-order chi connectivity index (χ1) is 7.45. The highest BCUT2D eigenvalue weighted by molar-refractivity contribution is 5.39. The van der Waals surface area contributed by atoms with Gasteiger partial charge < -0.3 is 10.2 Å². The van der Waals surface area contributed by atoms with E-state index in [0.717, 1.165) is 24.8 Å². The molecule has 2 aliphatic heterocycles. The van der Waals surface area contributed by atoms with Crippen LogP contribution in [0, 0.1) is 5.92 Å². The molecule has 0 aromatic carbocycles. The summed E-state index contributed by atoms with van der Waals surface area (Å²) in [4.78, 5) is 10.8. The quantitative estimate of drug-likeness (QED) is 0.730. The lowest BCUT2D eigenvalue weighted by Gasteiger charge is -2.37. The second kappa shape index (κ2) is 3.77. The lowest BCUT2D eigenvalue weighted by atomic mass is 9.92. The first-order valence-corrected chi connectivity index (χ1v) is 5.68. The molecule has 0 amide bonds. The summed E-state index contributed by atoms with van der Waals surface area (Å²) in [7, 11) is 0. The van der Waals surface area contributed by atoms with Gasteiger partial charge in [0.05, 0.1) is 0 Å². The van der Waals surface area contributed by atoms with Crippen molar-refractivity contribution in [3.8, 4) is 0 Å². The second-order valence-corrected chi connectivity index (χ2v) is 4.39. The van der Waals surface area contributed by atoms with Crippen molar-refractivity contribution in [2.75, 3.05) is 24.5 Å². The van der Waals surface area contributed by atoms with Crippen molar-refractivity contribution >= 4 is 5.82 Å². The average Bonchev–Trinajstić information content (AvgIpc) is 2.78. The minimum atomic E-state index is 0.647. The fourth-order valence-corrected chi connectivity index (χ4v) is 2.81. The molecular formula is C11H16N4. The van der Waals surface area contributed by atoms with Crippen LogP contribution < -0.4 is 10.2 Å². The molecule has 4 heteroatoms. The Morgan fingerprint density at radius 3 is 3.27 bits per heavy atom. The van der Waals surface area contributed by atoms with Crippen LogP contribution in [0.5, 0.6) is 0 Å². The summed E-state index contributed by atoms with van der Waals surface area (Å²) < 4.78 is 0. The highest BCUT2D eigenvalue weighted by Gasteiger charge is 2.35. The Labute approximate surface area is 89.7 Å². The Bertz CT molecular complexity index is 327. The molecule has 2 aliphatic rings. The predicted octanol–water partition coefficient (Wildman–Crippen LogP) is 0.665. The van der Waals surface area contributed by atoms with Gasteiger partial charge in [-0.3, -0.25) is 0 Å². The fourth-order valence-electron chi connectivity index (χ4n) is 2.81. The third-order valence-corrected chi connectivity index (χ3v) is 3.54. The Balaban J connectivity index is 1.85. The number of fused-ring (bicyclic) bond motifs is 1. The molecule has 2 atom stereocenters. The zero-order valence-corrected chi connectivity index (χ0v) is 8.76. The fraction of sp³-hybridized carbons (Fsp3) is 0.636. The Morgan fingerprint density at radius 1 is 1.40 bits per heavy atom. The molecule has 2 saturated heterocycles. The van der Waals surface area contributed by atoms with Crippen molar-refractivity contribution in [3.05, 3.63) is 18.6 Å². The van der Waals surface area contributed by atoms with Crippen LogP contribution in [0.15, 0.2) is 18.6 Å². The van der Waals surface area contributed by atoms with Gasteiger partial charge in [-0.1, -0.05) is 0 Å². The number of anilines is 1. The van der Waals surface area contributed by atoms with Gasteiger partial charge in [0.25, 0.3) is 0 Å². The van der Waals surface area contributed by atoms with Gasteiger partial charge in [-0.15, -0.1) is 0 Å². The normalized spacial score (nSPS) is 30.3. The molecule has 3 heterocycles. The van der Waals surface area contributed by atoms with Gasteiger partial charge in [-0.05, 0) is 24.8 Å². The van der Waals surface area contributed by atoms with Crippen molar-refractivity contribution in [2.45, 2.75) is 18.9 Å². The standard InChI is InChI=1S/C11H16N4/c1-2-9-6-13-7-10(9)15(5-1)11-3-4-12-8-14-11/h3-4,8-10,13H,1-2,5-7H2. The monoisotopic (exact) mass is 204 g/mol. The first kappa shape index (κ1) is 9.09. The zero-order chi connectivity index (χ0) is 10.1. The summed E-state index contributed by atoms with van der Waals surface area (Å²) in [6.07, 6.45) is 6.11. The Hall–Kier alpha value is -1.16. The van der Waals surface area contributed by atoms with Gasteiger partial charge in [0, 0.05) is 31.9 Å².